The number of carboxylic acids is 1. The number of nitrogens with one attached hydrogen (secondary N) is 2. The van der Waals surface area contributed by atoms with Gasteiger partial charge in [-0.3, -0.25) is 4.79 Å². The molecule has 16 aliphatic rings. The lowest BCUT2D eigenvalue weighted by Crippen LogP contribution is -2.70. The molecular weight excluding hydrogens is 1120 g/mol. The van der Waals surface area contributed by atoms with Crippen LogP contribution in [0.25, 0.3) is 17.2 Å². The lowest BCUT2D eigenvalue weighted by Gasteiger charge is -2.74. The molecule has 476 valence electrons. The van der Waals surface area contributed by atoms with E-state index in [1.165, 1.54) is 108 Å². The summed E-state index contributed by atoms with van der Waals surface area (Å²) in [6.45, 7) is 6.55. The van der Waals surface area contributed by atoms with Crippen molar-refractivity contribution < 1.29 is 25.2 Å². The van der Waals surface area contributed by atoms with Gasteiger partial charge >= 0.3 is 5.97 Å². The van der Waals surface area contributed by atoms with Gasteiger partial charge < -0.3 is 31.1 Å². The molecule has 91 heavy (non-hydrogen) atoms. The largest absolute Gasteiger partial charge is 0.516 e. The van der Waals surface area contributed by atoms with Crippen LogP contribution in [0.4, 0.5) is 0 Å². The predicted molar refractivity (Wildman–Crippen MR) is 362 cm³/mol. The van der Waals surface area contributed by atoms with Gasteiger partial charge in [0, 0.05) is 53.0 Å². The number of hydrogen-bond acceptors (Lipinski definition) is 6. The molecule has 3 aromatic rings. The molecule has 18 atom stereocenters. The van der Waals surface area contributed by atoms with E-state index in [4.69, 9.17) is 0 Å². The van der Waals surface area contributed by atoms with Crippen LogP contribution in [0.1, 0.15) is 185 Å². The molecule has 3 aromatic carbocycles. The van der Waals surface area contributed by atoms with Gasteiger partial charge in [-0.1, -0.05) is 154 Å². The number of aliphatic carboxylic acids is 1. The number of carbonyl (C=O) groups is 1. The van der Waals surface area contributed by atoms with Gasteiger partial charge in [0.25, 0.3) is 0 Å². The summed E-state index contributed by atoms with van der Waals surface area (Å²) >= 11 is 0. The summed E-state index contributed by atoms with van der Waals surface area (Å²) in [6, 6.07) is 29.9. The first-order valence-corrected chi connectivity index (χ1v) is 36.6. The van der Waals surface area contributed by atoms with Gasteiger partial charge in [0.05, 0.1) is 36.1 Å². The van der Waals surface area contributed by atoms with E-state index in [-0.39, 0.29) is 45.8 Å². The van der Waals surface area contributed by atoms with Crippen LogP contribution in [0.2, 0.25) is 0 Å². The van der Waals surface area contributed by atoms with Gasteiger partial charge in [-0.05, 0) is 254 Å². The smallest absolute Gasteiger partial charge is 0.306 e. The zero-order valence-corrected chi connectivity index (χ0v) is 54.5. The zero-order chi connectivity index (χ0) is 61.7. The maximum Gasteiger partial charge on any atom is 0.306 e. The number of carboxylic acid groups (broad SMARTS) is 1. The SMILES string of the molecule is C[C@@]12CC=C[C@@]34C=C5C6=c7ccccc7=C[C@H]5[C@@](CC[C@@H]1O)(C1=C5[C@@H]3C#CC[C@@H]3CC[C@@]7(C3)C[C@H](C[C@]73CC[C@@H](Cc7ccccc7)C3)[C@]53C[C@@H](O)[C@H]([C@H](C(=O)O)CC/C(=C\O)[C@H](C5CCCCC5)CCCNC5=CC=C(CN5)c5cccc(c5)C6)[C@@]3(C)CC1)[C@@H]42. The fourth-order valence-electron chi connectivity index (χ4n) is 26.4. The molecule has 6 saturated carbocycles. The van der Waals surface area contributed by atoms with E-state index in [9.17, 15) is 25.2 Å². The summed E-state index contributed by atoms with van der Waals surface area (Å²) < 4.78 is 0. The van der Waals surface area contributed by atoms with E-state index in [0.717, 1.165) is 114 Å². The minimum atomic E-state index is -0.823. The van der Waals surface area contributed by atoms with Crippen molar-refractivity contribution in [3.05, 3.63) is 171 Å². The van der Waals surface area contributed by atoms with Crippen LogP contribution in [-0.2, 0) is 17.6 Å². The minimum absolute atomic E-state index is 0.0495. The molecule has 4 heterocycles. The third kappa shape index (κ3) is 8.60. The average Bonchev–Trinajstić information content (AvgIpc) is 1.60. The highest BCUT2D eigenvalue weighted by molar-refractivity contribution is 5.78. The quantitative estimate of drug-likeness (QED) is 0.0874. The van der Waals surface area contributed by atoms with Crippen molar-refractivity contribution >= 4 is 23.2 Å². The fraction of sp³-hybridized carbons (Fsp3) is 0.583. The minimum Gasteiger partial charge on any atom is -0.516 e. The van der Waals surface area contributed by atoms with Crippen molar-refractivity contribution in [2.24, 2.45) is 97.1 Å². The molecular formula is C84H100N2O5. The third-order valence-electron chi connectivity index (χ3n) is 29.7. The number of benzene rings is 3. The van der Waals surface area contributed by atoms with Crippen molar-refractivity contribution in [3.63, 3.8) is 0 Å². The number of allylic oxidation sites excluding steroid dienone is 9. The van der Waals surface area contributed by atoms with Crippen LogP contribution in [0.15, 0.2) is 144 Å². The Morgan fingerprint density at radius 3 is 2.44 bits per heavy atom. The Morgan fingerprint density at radius 2 is 1.62 bits per heavy atom. The summed E-state index contributed by atoms with van der Waals surface area (Å²) in [5.74, 6) is 9.52. The summed E-state index contributed by atoms with van der Waals surface area (Å²) in [5, 5.41) is 61.0. The first kappa shape index (κ1) is 59.0. The lowest BCUT2D eigenvalue weighted by atomic mass is 9.29. The number of fused-ring (bicyclic) bond motifs is 5. The maximum absolute atomic E-state index is 14.9. The first-order valence-electron chi connectivity index (χ1n) is 36.6. The summed E-state index contributed by atoms with van der Waals surface area (Å²) in [6.07, 6.45) is 41.2. The van der Waals surface area contributed by atoms with Gasteiger partial charge in [-0.15, -0.1) is 5.92 Å². The fourth-order valence-corrected chi connectivity index (χ4v) is 26.4. The van der Waals surface area contributed by atoms with Crippen LogP contribution in [-0.4, -0.2) is 51.7 Å². The van der Waals surface area contributed by atoms with E-state index in [0.29, 0.717) is 37.0 Å². The molecule has 7 heteroatoms. The van der Waals surface area contributed by atoms with E-state index in [1.54, 1.807) is 11.1 Å². The Morgan fingerprint density at radius 1 is 0.791 bits per heavy atom. The molecule has 0 aromatic heterocycles. The van der Waals surface area contributed by atoms with Crippen molar-refractivity contribution in [2.45, 2.75) is 193 Å². The molecule has 0 radical (unpaired) electrons. The number of rotatable bonds is 4. The molecule has 18 bridgehead atoms. The molecule has 6 N–H and O–H groups in total. The molecule has 4 aliphatic heterocycles. The molecule has 12 aliphatic carbocycles. The number of aliphatic hydroxyl groups is 3. The van der Waals surface area contributed by atoms with E-state index in [2.05, 4.69) is 152 Å². The van der Waals surface area contributed by atoms with Crippen molar-refractivity contribution in [3.8, 4) is 11.8 Å². The van der Waals surface area contributed by atoms with Crippen LogP contribution >= 0.6 is 0 Å². The monoisotopic (exact) mass is 1220 g/mol. The van der Waals surface area contributed by atoms with Crippen LogP contribution in [0.3, 0.4) is 0 Å². The first-order chi connectivity index (χ1) is 44.3. The van der Waals surface area contributed by atoms with Crippen molar-refractivity contribution in [2.75, 3.05) is 13.1 Å². The van der Waals surface area contributed by atoms with Crippen LogP contribution in [0.5, 0.6) is 0 Å². The number of aliphatic hydroxyl groups excluding tert-OH is 3. The summed E-state index contributed by atoms with van der Waals surface area (Å²) in [4.78, 5) is 14.9. The zero-order valence-electron chi connectivity index (χ0n) is 54.5. The van der Waals surface area contributed by atoms with Gasteiger partial charge in [0.15, 0.2) is 0 Å². The molecule has 19 rings (SSSR count). The Balaban J connectivity index is 0.904. The highest BCUT2D eigenvalue weighted by Crippen LogP contribution is 2.85. The van der Waals surface area contributed by atoms with Gasteiger partial charge in [0.2, 0.25) is 0 Å². The Hall–Kier alpha value is -5.81. The lowest BCUT2D eigenvalue weighted by molar-refractivity contribution is -0.170. The third-order valence-corrected chi connectivity index (χ3v) is 29.7. The summed E-state index contributed by atoms with van der Waals surface area (Å²) in [7, 11) is 0. The van der Waals surface area contributed by atoms with Crippen molar-refractivity contribution in [1.82, 2.24) is 10.6 Å². The number of dihydropyridines is 1. The van der Waals surface area contributed by atoms with Crippen LogP contribution < -0.4 is 21.1 Å². The standard InChI is InChI=1S/C84H100N2O5/c1-78-34-14-35-82-49-67-66-43-55-18-11-22-58(42-55)60-27-29-73(86-51-60)85-40-13-24-63(57-19-7-4-8-20-57)61(52-87)26-28-65(76(90)91)74-71(88)50-84-62-47-80(81(48-62)38-31-56(46-81)41-53-15-5-3-6-16-53)37-30-54(45-80)17-12-25-68(82)75(84)69(32-36-79(74,84)2)83(77(78)82,39-33-72(78)89)70(67)44-59-21-9-10-23-64(59)66/h3,5-6,9-11,14-16,18,21-23,27,29,35,42,44,49,52,54,56-57,62-63,65,68,70-72,74,77,85-89H,4,7-8,13,17,19-20,24,26,28,30-34,36-41,43,45-48,50-51H2,1-2H3,(H,90,91)/b61-52+/t54-,56+,62-,63+,65-,68+,70-,71-,72+,74+,77-,78-,79-,80-,81-,82-,83-,84-/m1/s1. The predicted octanol–water partition coefficient (Wildman–Crippen LogP) is 15.2. The van der Waals surface area contributed by atoms with Crippen molar-refractivity contribution in [1.29, 1.82) is 0 Å². The highest BCUT2D eigenvalue weighted by Gasteiger charge is 2.80. The highest BCUT2D eigenvalue weighted by atomic mass is 16.4. The van der Waals surface area contributed by atoms with Gasteiger partial charge in [0.1, 0.15) is 0 Å². The Bertz CT molecular complexity index is 3850. The topological polar surface area (TPSA) is 122 Å². The number of hydrogen-bond donors (Lipinski definition) is 6. The molecule has 6 fully saturated rings. The summed E-state index contributed by atoms with van der Waals surface area (Å²) in [5.41, 5.74) is 10.2. The molecule has 0 unspecified atom stereocenters. The molecule has 7 nitrogen and oxygen atoms in total. The normalized spacial score (nSPS) is 43.1. The second-order valence-corrected chi connectivity index (χ2v) is 33.3. The van der Waals surface area contributed by atoms with E-state index >= 15 is 0 Å². The van der Waals surface area contributed by atoms with Gasteiger partial charge in [-0.25, -0.2) is 0 Å². The van der Waals surface area contributed by atoms with Crippen LogP contribution in [0, 0.1) is 109 Å². The van der Waals surface area contributed by atoms with E-state index < -0.39 is 51.7 Å². The molecule has 0 amide bonds. The van der Waals surface area contributed by atoms with Gasteiger partial charge in [-0.2, -0.15) is 0 Å². The maximum atomic E-state index is 14.9. The second-order valence-electron chi connectivity index (χ2n) is 33.3. The average molecular weight is 1220 g/mol. The Labute approximate surface area is 541 Å². The van der Waals surface area contributed by atoms with E-state index in [1.807, 2.05) is 0 Å². The Kier molecular flexibility index (Phi) is 14.2. The molecule has 0 saturated heterocycles. The molecule has 5 spiro atoms. The second kappa shape index (κ2) is 21.9.